The molecule has 1 nitrogen and oxygen atoms in total. The molecule has 2 heteroatoms. The van der Waals surface area contributed by atoms with Crippen molar-refractivity contribution in [3.8, 4) is 11.8 Å². The molecule has 0 bridgehead atoms. The molecule has 1 aromatic rings. The number of hydrogen-bond acceptors (Lipinski definition) is 1. The van der Waals surface area contributed by atoms with E-state index < -0.39 is 0 Å². The molecule has 1 atom stereocenters. The summed E-state index contributed by atoms with van der Waals surface area (Å²) in [4.78, 5) is 0. The van der Waals surface area contributed by atoms with Crippen molar-refractivity contribution >= 4 is 15.9 Å². The lowest BCUT2D eigenvalue weighted by Crippen LogP contribution is -1.97. The van der Waals surface area contributed by atoms with Crippen molar-refractivity contribution < 1.29 is 5.11 Å². The van der Waals surface area contributed by atoms with Crippen LogP contribution in [0.15, 0.2) is 28.7 Å². The van der Waals surface area contributed by atoms with Gasteiger partial charge < -0.3 is 5.11 Å². The van der Waals surface area contributed by atoms with Crippen LogP contribution in [-0.2, 0) is 0 Å². The Morgan fingerprint density at radius 3 is 2.60 bits per heavy atom. The summed E-state index contributed by atoms with van der Waals surface area (Å²) in [6.07, 6.45) is 2.43. The minimum Gasteiger partial charge on any atom is -0.393 e. The molecule has 0 heterocycles. The van der Waals surface area contributed by atoms with Gasteiger partial charge in [-0.3, -0.25) is 0 Å². The summed E-state index contributed by atoms with van der Waals surface area (Å²) in [7, 11) is 0. The topological polar surface area (TPSA) is 20.2 Å². The summed E-state index contributed by atoms with van der Waals surface area (Å²) in [6, 6.07) is 7.96. The summed E-state index contributed by atoms with van der Waals surface area (Å²) >= 11 is 3.38. The van der Waals surface area contributed by atoms with Gasteiger partial charge in [0.05, 0.1) is 6.10 Å². The third-order valence-electron chi connectivity index (χ3n) is 2.00. The van der Waals surface area contributed by atoms with Gasteiger partial charge in [-0.1, -0.05) is 27.8 Å². The number of unbranched alkanes of at least 4 members (excludes halogenated alkanes) is 1. The fraction of sp³-hybridized carbons (Fsp3) is 0.385. The Hall–Kier alpha value is -0.780. The van der Waals surface area contributed by atoms with E-state index in [1.54, 1.807) is 0 Å². The van der Waals surface area contributed by atoms with Gasteiger partial charge in [0.2, 0.25) is 0 Å². The average Bonchev–Trinajstić information content (AvgIpc) is 2.20. The van der Waals surface area contributed by atoms with E-state index in [0.29, 0.717) is 0 Å². The van der Waals surface area contributed by atoms with Crippen molar-refractivity contribution in [2.45, 2.75) is 32.3 Å². The molecule has 0 spiro atoms. The maximum Gasteiger partial charge on any atom is 0.0512 e. The van der Waals surface area contributed by atoms with Gasteiger partial charge in [-0.25, -0.2) is 0 Å². The Morgan fingerprint density at radius 2 is 2.00 bits per heavy atom. The molecule has 1 aromatic carbocycles. The van der Waals surface area contributed by atoms with E-state index in [1.165, 1.54) is 0 Å². The quantitative estimate of drug-likeness (QED) is 0.657. The van der Waals surface area contributed by atoms with Gasteiger partial charge in [0.1, 0.15) is 0 Å². The predicted molar refractivity (Wildman–Crippen MR) is 66.6 cm³/mol. The lowest BCUT2D eigenvalue weighted by Gasteiger charge is -1.98. The molecule has 0 fully saturated rings. The zero-order chi connectivity index (χ0) is 11.1. The van der Waals surface area contributed by atoms with E-state index in [2.05, 4.69) is 27.8 Å². The van der Waals surface area contributed by atoms with Crippen molar-refractivity contribution in [2.24, 2.45) is 0 Å². The Labute approximate surface area is 99.6 Å². The predicted octanol–water partition coefficient (Wildman–Crippen LogP) is 3.35. The number of hydrogen-bond donors (Lipinski definition) is 1. The standard InChI is InChI=1S/C13H15BrO/c1-11(15)5-3-2-4-6-12-7-9-13(14)10-8-12/h7-11,15H,2-3,5H2,1H3. The lowest BCUT2D eigenvalue weighted by molar-refractivity contribution is 0.182. The van der Waals surface area contributed by atoms with Crippen LogP contribution < -0.4 is 0 Å². The van der Waals surface area contributed by atoms with Crippen LogP contribution in [0.2, 0.25) is 0 Å². The van der Waals surface area contributed by atoms with Crippen molar-refractivity contribution in [2.75, 3.05) is 0 Å². The summed E-state index contributed by atoms with van der Waals surface area (Å²) in [5.41, 5.74) is 1.04. The zero-order valence-corrected chi connectivity index (χ0v) is 10.4. The van der Waals surface area contributed by atoms with E-state index in [0.717, 1.165) is 29.3 Å². The summed E-state index contributed by atoms with van der Waals surface area (Å²) in [5.74, 6) is 6.19. The van der Waals surface area contributed by atoms with E-state index in [9.17, 15) is 0 Å². The molecule has 15 heavy (non-hydrogen) atoms. The second kappa shape index (κ2) is 6.66. The molecule has 1 N–H and O–H groups in total. The van der Waals surface area contributed by atoms with Gasteiger partial charge >= 0.3 is 0 Å². The second-order valence-electron chi connectivity index (χ2n) is 3.55. The number of halogens is 1. The number of aliphatic hydroxyl groups is 1. The molecule has 1 rings (SSSR count). The summed E-state index contributed by atoms with van der Waals surface area (Å²) in [5, 5.41) is 9.05. The molecule has 0 aliphatic rings. The minimum absolute atomic E-state index is 0.209. The number of rotatable bonds is 3. The molecule has 1 unspecified atom stereocenters. The molecule has 0 aromatic heterocycles. The van der Waals surface area contributed by atoms with Gasteiger partial charge in [0, 0.05) is 16.5 Å². The zero-order valence-electron chi connectivity index (χ0n) is 8.83. The third kappa shape index (κ3) is 5.61. The lowest BCUT2D eigenvalue weighted by atomic mass is 10.1. The van der Waals surface area contributed by atoms with Crippen molar-refractivity contribution in [3.63, 3.8) is 0 Å². The first-order chi connectivity index (χ1) is 7.18. The van der Waals surface area contributed by atoms with Gasteiger partial charge in [-0.15, -0.1) is 0 Å². The molecule has 0 saturated carbocycles. The summed E-state index contributed by atoms with van der Waals surface area (Å²) in [6.45, 7) is 1.81. The van der Waals surface area contributed by atoms with Crippen LogP contribution >= 0.6 is 15.9 Å². The van der Waals surface area contributed by atoms with Gasteiger partial charge in [0.15, 0.2) is 0 Å². The monoisotopic (exact) mass is 266 g/mol. The number of aliphatic hydroxyl groups excluding tert-OH is 1. The van der Waals surface area contributed by atoms with Crippen LogP contribution in [-0.4, -0.2) is 11.2 Å². The molecule has 80 valence electrons. The highest BCUT2D eigenvalue weighted by Crippen LogP contribution is 2.09. The van der Waals surface area contributed by atoms with Crippen LogP contribution in [0.1, 0.15) is 31.7 Å². The number of benzene rings is 1. The van der Waals surface area contributed by atoms with Crippen molar-refractivity contribution in [1.29, 1.82) is 0 Å². The fourth-order valence-corrected chi connectivity index (χ4v) is 1.45. The minimum atomic E-state index is -0.209. The first-order valence-corrected chi connectivity index (χ1v) is 5.90. The van der Waals surface area contributed by atoms with Crippen LogP contribution in [0, 0.1) is 11.8 Å². The Kier molecular flexibility index (Phi) is 5.45. The van der Waals surface area contributed by atoms with E-state index >= 15 is 0 Å². The molecule has 0 aliphatic heterocycles. The van der Waals surface area contributed by atoms with Gasteiger partial charge in [-0.2, -0.15) is 0 Å². The molecule has 0 saturated heterocycles. The molecular formula is C13H15BrO. The van der Waals surface area contributed by atoms with Crippen LogP contribution in [0.3, 0.4) is 0 Å². The molecule has 0 amide bonds. The van der Waals surface area contributed by atoms with Crippen molar-refractivity contribution in [1.82, 2.24) is 0 Å². The fourth-order valence-electron chi connectivity index (χ4n) is 1.18. The largest absolute Gasteiger partial charge is 0.393 e. The maximum absolute atomic E-state index is 9.05. The normalized spacial score (nSPS) is 11.7. The van der Waals surface area contributed by atoms with E-state index in [4.69, 9.17) is 5.11 Å². The van der Waals surface area contributed by atoms with Gasteiger partial charge in [0.25, 0.3) is 0 Å². The Morgan fingerprint density at radius 1 is 1.33 bits per heavy atom. The Bertz CT molecular complexity index is 343. The second-order valence-corrected chi connectivity index (χ2v) is 4.47. The Balaban J connectivity index is 2.35. The van der Waals surface area contributed by atoms with Crippen LogP contribution in [0.5, 0.6) is 0 Å². The highest BCUT2D eigenvalue weighted by molar-refractivity contribution is 9.10. The van der Waals surface area contributed by atoms with E-state index in [1.807, 2.05) is 31.2 Å². The molecule has 0 aliphatic carbocycles. The first kappa shape index (κ1) is 12.3. The summed E-state index contributed by atoms with van der Waals surface area (Å²) < 4.78 is 1.07. The third-order valence-corrected chi connectivity index (χ3v) is 2.53. The highest BCUT2D eigenvalue weighted by atomic mass is 79.9. The first-order valence-electron chi connectivity index (χ1n) is 5.11. The molecular weight excluding hydrogens is 252 g/mol. The average molecular weight is 267 g/mol. The van der Waals surface area contributed by atoms with E-state index in [-0.39, 0.29) is 6.10 Å². The highest BCUT2D eigenvalue weighted by Gasteiger charge is 1.92. The maximum atomic E-state index is 9.05. The van der Waals surface area contributed by atoms with Crippen LogP contribution in [0.4, 0.5) is 0 Å². The molecule has 0 radical (unpaired) electrons. The van der Waals surface area contributed by atoms with Gasteiger partial charge in [-0.05, 0) is 44.0 Å². The van der Waals surface area contributed by atoms with Crippen molar-refractivity contribution in [3.05, 3.63) is 34.3 Å². The SMILES string of the molecule is CC(O)CCCC#Cc1ccc(Br)cc1. The smallest absolute Gasteiger partial charge is 0.0512 e. The van der Waals surface area contributed by atoms with Crippen LogP contribution in [0.25, 0.3) is 0 Å².